The van der Waals surface area contributed by atoms with Gasteiger partial charge in [-0.25, -0.2) is 38.2 Å². The van der Waals surface area contributed by atoms with Crippen LogP contribution in [0.3, 0.4) is 0 Å². The molecule has 2 aliphatic heterocycles. The van der Waals surface area contributed by atoms with Crippen molar-refractivity contribution in [3.05, 3.63) is 29.3 Å². The number of hydrogen-bond acceptors (Lipinski definition) is 23. The Morgan fingerprint density at radius 1 is 0.722 bits per heavy atom. The molecule has 30 nitrogen and oxygen atoms in total. The van der Waals surface area contributed by atoms with E-state index in [1.807, 2.05) is 0 Å². The first-order chi connectivity index (χ1) is 25.1. The normalized spacial score (nSPS) is 29.7. The number of aromatic nitrogens is 8. The van der Waals surface area contributed by atoms with Gasteiger partial charge in [0.15, 0.2) is 35.1 Å². The highest BCUT2D eigenvalue weighted by molar-refractivity contribution is 7.69. The van der Waals surface area contributed by atoms with Crippen LogP contribution in [0.15, 0.2) is 23.8 Å². The third-order valence-corrected chi connectivity index (χ3v) is 13.4. The SMILES string of the molecule is Nc1nc2c(ncn2[C@@H]2O[C@H](COP(=O)(OC[C@H]3O[C@@H](n4cnc5c(N)ncnc54)C(O)C3O)OP(=O)(O)OP(=O)(O)OP(=O)(O)O)C(O)C2O)c(=O)[nH]1. The summed E-state index contributed by atoms with van der Waals surface area (Å²) in [5.74, 6) is -0.389. The summed E-state index contributed by atoms with van der Waals surface area (Å²) in [6.45, 7) is -2.32. The van der Waals surface area contributed by atoms with E-state index in [0.717, 1.165) is 28.1 Å². The van der Waals surface area contributed by atoms with Crippen molar-refractivity contribution in [2.75, 3.05) is 24.7 Å². The molecule has 0 aliphatic carbocycles. The van der Waals surface area contributed by atoms with Gasteiger partial charge in [-0.05, 0) is 0 Å². The molecule has 0 saturated carbocycles. The average molecular weight is 852 g/mol. The molecule has 0 spiro atoms. The van der Waals surface area contributed by atoms with Crippen LogP contribution in [0, 0.1) is 0 Å². The average Bonchev–Trinajstić information content (AvgIpc) is 3.79. The molecule has 0 aromatic carbocycles. The fourth-order valence-electron chi connectivity index (χ4n) is 5.21. The van der Waals surface area contributed by atoms with Crippen LogP contribution in [-0.4, -0.2) is 129 Å². The van der Waals surface area contributed by atoms with Crippen molar-refractivity contribution in [3.63, 3.8) is 0 Å². The number of aromatic amines is 1. The Bertz CT molecular complexity index is 2300. The van der Waals surface area contributed by atoms with Gasteiger partial charge in [-0.1, -0.05) is 0 Å². The van der Waals surface area contributed by atoms with Crippen LogP contribution in [-0.2, 0) is 49.7 Å². The molecule has 6 heterocycles. The fraction of sp³-hybridized carbons (Fsp3) is 0.500. The van der Waals surface area contributed by atoms with Crippen molar-refractivity contribution in [2.45, 2.75) is 49.1 Å². The number of phosphoric acid groups is 4. The molecule has 7 unspecified atom stereocenters. The lowest BCUT2D eigenvalue weighted by Crippen LogP contribution is -2.34. The van der Waals surface area contributed by atoms with E-state index in [9.17, 15) is 53.3 Å². The summed E-state index contributed by atoms with van der Waals surface area (Å²) in [5.41, 5.74) is 10.3. The number of anilines is 2. The number of hydrogen-bond donors (Lipinski definition) is 11. The number of imidazole rings is 2. The van der Waals surface area contributed by atoms with Crippen molar-refractivity contribution >= 4 is 65.4 Å². The lowest BCUT2D eigenvalue weighted by Gasteiger charge is -2.24. The maximum atomic E-state index is 13.8. The molecule has 2 fully saturated rings. The second kappa shape index (κ2) is 14.7. The Hall–Kier alpha value is -3.18. The van der Waals surface area contributed by atoms with Crippen LogP contribution in [0.25, 0.3) is 22.3 Å². The first-order valence-electron chi connectivity index (χ1n) is 14.5. The first kappa shape index (κ1) is 40.5. The highest BCUT2D eigenvalue weighted by Gasteiger charge is 2.51. The molecule has 11 atom stereocenters. The highest BCUT2D eigenvalue weighted by atomic mass is 31.3. The number of phosphoric ester groups is 1. The maximum Gasteiger partial charge on any atom is 0.490 e. The van der Waals surface area contributed by atoms with Crippen LogP contribution in [0.2, 0.25) is 0 Å². The molecule has 2 saturated heterocycles. The van der Waals surface area contributed by atoms with Gasteiger partial charge >= 0.3 is 31.3 Å². The summed E-state index contributed by atoms with van der Waals surface area (Å²) in [6.07, 6.45) is -10.7. The minimum atomic E-state index is -6.27. The lowest BCUT2D eigenvalue weighted by molar-refractivity contribution is -0.0607. The summed E-state index contributed by atoms with van der Waals surface area (Å²) in [4.78, 5) is 71.3. The summed E-state index contributed by atoms with van der Waals surface area (Å²) < 4.78 is 84.5. The molecule has 13 N–H and O–H groups in total. The van der Waals surface area contributed by atoms with Crippen molar-refractivity contribution in [2.24, 2.45) is 0 Å². The van der Waals surface area contributed by atoms with Crippen LogP contribution in [0.1, 0.15) is 12.5 Å². The second-order valence-corrected chi connectivity index (χ2v) is 17.4. The quantitative estimate of drug-likeness (QED) is 0.0558. The number of aliphatic hydroxyl groups excluding tert-OH is 4. The summed E-state index contributed by atoms with van der Waals surface area (Å²) in [7, 11) is -24.0. The highest BCUT2D eigenvalue weighted by Crippen LogP contribution is 2.72. The number of nitrogens with zero attached hydrogens (tertiary/aromatic N) is 7. The standard InChI is InChI=1S/C20H28N10O20P4/c21-14-8-15(24-3-23-14)29(4-25-8)18-12(33)10(31)6(46-18)1-44-54(43,50-53(41,42)49-52(39,40)48-51(36,37)38)45-2-7-11(32)13(34)19(47-7)30-5-26-9-16(30)27-20(22)28-17(9)35/h3-7,10-13,18-19,31-34H,1-2H2,(H,39,40)(H,41,42)(H2,21,23,24)(H2,36,37,38)(H3,22,27,28,35)/t6-,7-,10?,11?,12?,13?,18-,19-,54?/m1/s1. The predicted molar refractivity (Wildman–Crippen MR) is 169 cm³/mol. The van der Waals surface area contributed by atoms with E-state index in [0.29, 0.717) is 0 Å². The maximum absolute atomic E-state index is 13.8. The van der Waals surface area contributed by atoms with Crippen LogP contribution < -0.4 is 17.0 Å². The Morgan fingerprint density at radius 2 is 1.24 bits per heavy atom. The van der Waals surface area contributed by atoms with Crippen LogP contribution in [0.4, 0.5) is 11.8 Å². The van der Waals surface area contributed by atoms with Crippen molar-refractivity contribution < 1.29 is 89.7 Å². The Balaban J connectivity index is 1.22. The van der Waals surface area contributed by atoms with Gasteiger partial charge < -0.3 is 60.9 Å². The summed E-state index contributed by atoms with van der Waals surface area (Å²) in [6, 6.07) is 0. The molecule has 2 aliphatic rings. The minimum absolute atomic E-state index is 0.0404. The molecule has 0 radical (unpaired) electrons. The molecule has 0 bridgehead atoms. The molecule has 34 heteroatoms. The zero-order valence-electron chi connectivity index (χ0n) is 26.3. The van der Waals surface area contributed by atoms with Gasteiger partial charge in [0, 0.05) is 0 Å². The largest absolute Gasteiger partial charge is 0.490 e. The molecule has 54 heavy (non-hydrogen) atoms. The van der Waals surface area contributed by atoms with E-state index in [-0.39, 0.29) is 34.1 Å². The summed E-state index contributed by atoms with van der Waals surface area (Å²) in [5, 5.41) is 42.9. The molecule has 6 rings (SSSR count). The number of ether oxygens (including phenoxy) is 2. The zero-order chi connectivity index (χ0) is 39.5. The number of nitrogens with one attached hydrogen (secondary N) is 1. The van der Waals surface area contributed by atoms with Crippen LogP contribution >= 0.6 is 31.3 Å². The number of fused-ring (bicyclic) bond motifs is 2. The molecule has 0 amide bonds. The van der Waals surface area contributed by atoms with E-state index in [1.165, 1.54) is 0 Å². The molecule has 298 valence electrons. The first-order valence-corrected chi connectivity index (χ1v) is 20.5. The summed E-state index contributed by atoms with van der Waals surface area (Å²) >= 11 is 0. The van der Waals surface area contributed by atoms with Crippen molar-refractivity contribution in [1.82, 2.24) is 39.0 Å². The van der Waals surface area contributed by atoms with Gasteiger partial charge in [-0.15, -0.1) is 0 Å². The van der Waals surface area contributed by atoms with Gasteiger partial charge in [0.25, 0.3) is 5.56 Å². The molecular formula is C20H28N10O20P4. The Kier molecular flexibility index (Phi) is 11.0. The van der Waals surface area contributed by atoms with Crippen LogP contribution in [0.5, 0.6) is 0 Å². The van der Waals surface area contributed by atoms with E-state index < -0.39 is 99.1 Å². The number of nitrogen functional groups attached to an aromatic ring is 2. The third kappa shape index (κ3) is 8.47. The molecule has 4 aromatic rings. The number of H-pyrrole nitrogens is 1. The zero-order valence-corrected chi connectivity index (χ0v) is 29.9. The second-order valence-electron chi connectivity index (χ2n) is 11.2. The predicted octanol–water partition coefficient (Wildman–Crippen LogP) is -3.15. The Morgan fingerprint density at radius 3 is 1.80 bits per heavy atom. The van der Waals surface area contributed by atoms with E-state index in [1.54, 1.807) is 0 Å². The van der Waals surface area contributed by atoms with Gasteiger partial charge in [-0.2, -0.15) is 17.9 Å². The Labute approximate surface area is 297 Å². The monoisotopic (exact) mass is 852 g/mol. The topological polar surface area (TPSA) is 454 Å². The lowest BCUT2D eigenvalue weighted by atomic mass is 10.1. The van der Waals surface area contributed by atoms with Gasteiger partial charge in [0.05, 0.1) is 25.9 Å². The van der Waals surface area contributed by atoms with E-state index in [2.05, 4.69) is 42.8 Å². The van der Waals surface area contributed by atoms with Gasteiger partial charge in [0.1, 0.15) is 48.5 Å². The minimum Gasteiger partial charge on any atom is -0.387 e. The van der Waals surface area contributed by atoms with Crippen molar-refractivity contribution in [1.29, 1.82) is 0 Å². The molecule has 4 aromatic heterocycles. The van der Waals surface area contributed by atoms with Gasteiger partial charge in [0.2, 0.25) is 5.95 Å². The van der Waals surface area contributed by atoms with Crippen molar-refractivity contribution in [3.8, 4) is 0 Å². The fourth-order valence-corrected chi connectivity index (χ4v) is 10.2. The molecular weight excluding hydrogens is 824 g/mol. The number of rotatable bonds is 14. The number of aliphatic hydroxyl groups is 4. The number of nitrogens with two attached hydrogens (primary N) is 2. The van der Waals surface area contributed by atoms with E-state index >= 15 is 0 Å². The van der Waals surface area contributed by atoms with Gasteiger partial charge in [-0.3, -0.25) is 28.0 Å². The third-order valence-electron chi connectivity index (χ3n) is 7.47. The van der Waals surface area contributed by atoms with E-state index in [4.69, 9.17) is 39.8 Å². The smallest absolute Gasteiger partial charge is 0.387 e.